The summed E-state index contributed by atoms with van der Waals surface area (Å²) < 4.78 is 0. The number of hydrogen-bond acceptors (Lipinski definition) is 3. The first-order valence-electron chi connectivity index (χ1n) is 7.34. The third kappa shape index (κ3) is 2.32. The van der Waals surface area contributed by atoms with Gasteiger partial charge in [-0.1, -0.05) is 24.3 Å². The highest BCUT2D eigenvalue weighted by Crippen LogP contribution is 2.32. The fourth-order valence-corrected chi connectivity index (χ4v) is 3.15. The van der Waals surface area contributed by atoms with Crippen LogP contribution in [0.25, 0.3) is 4.85 Å². The molecule has 23 heavy (non-hydrogen) atoms. The summed E-state index contributed by atoms with van der Waals surface area (Å²) in [5.74, 6) is -0.401. The van der Waals surface area contributed by atoms with E-state index in [2.05, 4.69) is 10.2 Å². The summed E-state index contributed by atoms with van der Waals surface area (Å²) in [6.45, 7) is 7.75. The quantitative estimate of drug-likeness (QED) is 0.629. The number of amides is 4. The molecule has 0 radical (unpaired) electrons. The van der Waals surface area contributed by atoms with Crippen molar-refractivity contribution in [2.24, 2.45) is 0 Å². The number of imide groups is 1. The molecule has 2 saturated heterocycles. The van der Waals surface area contributed by atoms with Gasteiger partial charge in [-0.05, 0) is 12.8 Å². The van der Waals surface area contributed by atoms with Crippen molar-refractivity contribution in [2.45, 2.75) is 18.4 Å². The van der Waals surface area contributed by atoms with Crippen molar-refractivity contribution in [3.8, 4) is 0 Å². The summed E-state index contributed by atoms with van der Waals surface area (Å²) in [6.07, 6.45) is 0.847. The number of hydrogen-bond donors (Lipinski definition) is 1. The Bertz CT molecular complexity index is 712. The predicted molar refractivity (Wildman–Crippen MR) is 81.9 cm³/mol. The highest BCUT2D eigenvalue weighted by molar-refractivity contribution is 6.07. The number of piperidine rings is 1. The molecule has 0 saturated carbocycles. The number of rotatable bonds is 1. The van der Waals surface area contributed by atoms with E-state index in [0.717, 1.165) is 0 Å². The SMILES string of the molecule is [C-]#[N+]c1ccc(C(=O)N2CCC3(CC2)C(=O)NC(=O)N3C)cc1. The van der Waals surface area contributed by atoms with E-state index in [1.807, 2.05) is 0 Å². The standard InChI is InChI=1S/C16H16N4O3/c1-17-12-5-3-11(4-6-12)13(21)20-9-7-16(8-10-20)14(22)18-15(23)19(16)2/h3-6H,7-10H2,2H3,(H,18,22,23). The lowest BCUT2D eigenvalue weighted by Crippen LogP contribution is -2.56. The van der Waals surface area contributed by atoms with Gasteiger partial charge in [-0.3, -0.25) is 14.9 Å². The van der Waals surface area contributed by atoms with E-state index in [1.54, 1.807) is 36.2 Å². The summed E-state index contributed by atoms with van der Waals surface area (Å²) in [5, 5.41) is 2.33. The lowest BCUT2D eigenvalue weighted by atomic mass is 9.86. The van der Waals surface area contributed by atoms with Crippen molar-refractivity contribution in [1.29, 1.82) is 0 Å². The Hall–Kier alpha value is -2.88. The van der Waals surface area contributed by atoms with Gasteiger partial charge in [0.2, 0.25) is 0 Å². The van der Waals surface area contributed by atoms with E-state index in [9.17, 15) is 14.4 Å². The van der Waals surface area contributed by atoms with Crippen molar-refractivity contribution < 1.29 is 14.4 Å². The maximum atomic E-state index is 12.5. The second-order valence-corrected chi connectivity index (χ2v) is 5.80. The molecule has 0 atom stereocenters. The van der Waals surface area contributed by atoms with Gasteiger partial charge >= 0.3 is 6.03 Å². The zero-order valence-electron chi connectivity index (χ0n) is 12.7. The summed E-state index contributed by atoms with van der Waals surface area (Å²) in [5.41, 5.74) is 0.178. The number of nitrogens with zero attached hydrogens (tertiary/aromatic N) is 3. The normalized spacial score (nSPS) is 19.7. The zero-order chi connectivity index (χ0) is 16.6. The molecule has 2 fully saturated rings. The molecule has 4 amide bonds. The number of carbonyl (C=O) groups is 3. The third-order valence-electron chi connectivity index (χ3n) is 4.71. The fraction of sp³-hybridized carbons (Fsp3) is 0.375. The van der Waals surface area contributed by atoms with Gasteiger partial charge < -0.3 is 9.80 Å². The first-order chi connectivity index (χ1) is 11.0. The minimum absolute atomic E-state index is 0.122. The molecule has 3 rings (SSSR count). The van der Waals surface area contributed by atoms with Crippen LogP contribution in [0.5, 0.6) is 0 Å². The van der Waals surface area contributed by atoms with Gasteiger partial charge in [-0.25, -0.2) is 9.64 Å². The summed E-state index contributed by atoms with van der Waals surface area (Å²) >= 11 is 0. The van der Waals surface area contributed by atoms with Crippen LogP contribution in [0.1, 0.15) is 23.2 Å². The Balaban J connectivity index is 1.71. The van der Waals surface area contributed by atoms with Crippen LogP contribution in [0.15, 0.2) is 24.3 Å². The molecule has 0 unspecified atom stereocenters. The minimum Gasteiger partial charge on any atom is -0.338 e. The van der Waals surface area contributed by atoms with Crippen molar-refractivity contribution in [3.63, 3.8) is 0 Å². The van der Waals surface area contributed by atoms with E-state index in [4.69, 9.17) is 6.57 Å². The van der Waals surface area contributed by atoms with Crippen LogP contribution in [0.3, 0.4) is 0 Å². The molecule has 7 heteroatoms. The number of likely N-dealkylation sites (N-methyl/N-ethyl adjacent to an activating group) is 1. The van der Waals surface area contributed by atoms with Gasteiger partial charge in [-0.2, -0.15) is 0 Å². The molecule has 0 aliphatic carbocycles. The molecule has 1 spiro atoms. The van der Waals surface area contributed by atoms with Crippen molar-refractivity contribution >= 4 is 23.5 Å². The van der Waals surface area contributed by atoms with E-state index in [-0.39, 0.29) is 17.8 Å². The highest BCUT2D eigenvalue weighted by Gasteiger charge is 2.52. The molecule has 118 valence electrons. The molecular weight excluding hydrogens is 296 g/mol. The molecular formula is C16H16N4O3. The van der Waals surface area contributed by atoms with Crippen LogP contribution in [0.4, 0.5) is 10.5 Å². The van der Waals surface area contributed by atoms with Gasteiger partial charge in [0.25, 0.3) is 11.8 Å². The van der Waals surface area contributed by atoms with Crippen molar-refractivity contribution in [1.82, 2.24) is 15.1 Å². The molecule has 1 aromatic carbocycles. The van der Waals surface area contributed by atoms with Crippen molar-refractivity contribution in [2.75, 3.05) is 20.1 Å². The molecule has 1 aromatic rings. The fourth-order valence-electron chi connectivity index (χ4n) is 3.15. The molecule has 0 bridgehead atoms. The van der Waals surface area contributed by atoms with Gasteiger partial charge in [0.05, 0.1) is 6.57 Å². The topological polar surface area (TPSA) is 74.1 Å². The average Bonchev–Trinajstić information content (AvgIpc) is 2.79. The van der Waals surface area contributed by atoms with Gasteiger partial charge in [0, 0.05) is 25.7 Å². The lowest BCUT2D eigenvalue weighted by molar-refractivity contribution is -0.128. The lowest BCUT2D eigenvalue weighted by Gasteiger charge is -2.40. The van der Waals surface area contributed by atoms with Gasteiger partial charge in [-0.15, -0.1) is 0 Å². The van der Waals surface area contributed by atoms with E-state index >= 15 is 0 Å². The zero-order valence-corrected chi connectivity index (χ0v) is 12.7. The number of nitrogens with one attached hydrogen (secondary N) is 1. The van der Waals surface area contributed by atoms with E-state index in [1.165, 1.54) is 4.90 Å². The first kappa shape index (κ1) is 15.0. The van der Waals surface area contributed by atoms with Crippen LogP contribution in [0.2, 0.25) is 0 Å². The van der Waals surface area contributed by atoms with Crippen LogP contribution in [0, 0.1) is 6.57 Å². The molecule has 2 aliphatic heterocycles. The molecule has 7 nitrogen and oxygen atoms in total. The molecule has 2 aliphatic rings. The number of urea groups is 1. The summed E-state index contributed by atoms with van der Waals surface area (Å²) in [7, 11) is 1.61. The molecule has 2 heterocycles. The Morgan fingerprint density at radius 2 is 1.83 bits per heavy atom. The molecule has 0 aromatic heterocycles. The Kier molecular flexibility index (Phi) is 3.52. The maximum Gasteiger partial charge on any atom is 0.324 e. The van der Waals surface area contributed by atoms with Crippen LogP contribution >= 0.6 is 0 Å². The van der Waals surface area contributed by atoms with Crippen LogP contribution in [-0.4, -0.2) is 53.3 Å². The van der Waals surface area contributed by atoms with Crippen LogP contribution < -0.4 is 5.32 Å². The van der Waals surface area contributed by atoms with E-state index in [0.29, 0.717) is 37.2 Å². The second-order valence-electron chi connectivity index (χ2n) is 5.80. The number of carbonyl (C=O) groups excluding carboxylic acids is 3. The second kappa shape index (κ2) is 5.39. The third-order valence-corrected chi connectivity index (χ3v) is 4.71. The maximum absolute atomic E-state index is 12.5. The highest BCUT2D eigenvalue weighted by atomic mass is 16.2. The summed E-state index contributed by atoms with van der Waals surface area (Å²) in [6, 6.07) is 6.12. The first-order valence-corrected chi connectivity index (χ1v) is 7.34. The van der Waals surface area contributed by atoms with E-state index < -0.39 is 5.54 Å². The monoisotopic (exact) mass is 312 g/mol. The smallest absolute Gasteiger partial charge is 0.324 e. The average molecular weight is 312 g/mol. The van der Waals surface area contributed by atoms with Gasteiger partial charge in [0.15, 0.2) is 5.69 Å². The predicted octanol–water partition coefficient (Wildman–Crippen LogP) is 1.39. The molecule has 1 N–H and O–H groups in total. The number of benzene rings is 1. The Morgan fingerprint density at radius 3 is 2.30 bits per heavy atom. The largest absolute Gasteiger partial charge is 0.338 e. The minimum atomic E-state index is -0.832. The van der Waals surface area contributed by atoms with Crippen LogP contribution in [-0.2, 0) is 4.79 Å². The summed E-state index contributed by atoms with van der Waals surface area (Å²) in [4.78, 5) is 42.7. The number of likely N-dealkylation sites (tertiary alicyclic amines) is 1. The van der Waals surface area contributed by atoms with Crippen molar-refractivity contribution in [3.05, 3.63) is 41.2 Å². The Labute approximate surface area is 133 Å². The van der Waals surface area contributed by atoms with Gasteiger partial charge in [0.1, 0.15) is 5.54 Å². The Morgan fingerprint density at radius 1 is 1.22 bits per heavy atom.